The Kier molecular flexibility index (Phi) is 4.51. The van der Waals surface area contributed by atoms with Gasteiger partial charge in [0.15, 0.2) is 0 Å². The van der Waals surface area contributed by atoms with Crippen molar-refractivity contribution < 1.29 is 14.7 Å². The molecule has 5 nitrogen and oxygen atoms in total. The van der Waals surface area contributed by atoms with Gasteiger partial charge in [0.25, 0.3) is 0 Å². The first-order valence-corrected chi connectivity index (χ1v) is 6.18. The summed E-state index contributed by atoms with van der Waals surface area (Å²) in [5, 5.41) is 9.09. The lowest BCUT2D eigenvalue weighted by Gasteiger charge is -2.37. The summed E-state index contributed by atoms with van der Waals surface area (Å²) in [4.78, 5) is 24.7. The largest absolute Gasteiger partial charge is 0.481 e. The normalized spacial score (nSPS) is 21.0. The highest BCUT2D eigenvalue weighted by Gasteiger charge is 2.38. The monoisotopic (exact) mass is 242 g/mol. The van der Waals surface area contributed by atoms with Crippen LogP contribution < -0.4 is 5.73 Å². The van der Waals surface area contributed by atoms with Crippen molar-refractivity contribution in [2.75, 3.05) is 13.1 Å². The van der Waals surface area contributed by atoms with Gasteiger partial charge in [-0.05, 0) is 26.2 Å². The number of hydrogen-bond donors (Lipinski definition) is 2. The molecule has 1 fully saturated rings. The SMILES string of the molecule is CCC[C@@H](N)C(=O)N1CCC(C)(C(=O)O)CC1. The zero-order valence-electron chi connectivity index (χ0n) is 10.6. The maximum absolute atomic E-state index is 11.9. The van der Waals surface area contributed by atoms with E-state index in [9.17, 15) is 9.59 Å². The highest BCUT2D eigenvalue weighted by molar-refractivity contribution is 5.82. The van der Waals surface area contributed by atoms with Crippen molar-refractivity contribution in [2.45, 2.75) is 45.6 Å². The maximum atomic E-state index is 11.9. The molecule has 5 heteroatoms. The Balaban J connectivity index is 2.52. The number of amides is 1. The number of aliphatic carboxylic acids is 1. The van der Waals surface area contributed by atoms with Crippen molar-refractivity contribution in [2.24, 2.45) is 11.1 Å². The molecule has 98 valence electrons. The summed E-state index contributed by atoms with van der Waals surface area (Å²) >= 11 is 0. The van der Waals surface area contributed by atoms with E-state index in [0.29, 0.717) is 32.4 Å². The molecule has 0 aromatic heterocycles. The van der Waals surface area contributed by atoms with Crippen LogP contribution in [0.5, 0.6) is 0 Å². The third-order valence-electron chi connectivity index (χ3n) is 3.61. The molecule has 1 amide bonds. The summed E-state index contributed by atoms with van der Waals surface area (Å²) in [6, 6.07) is -0.436. The van der Waals surface area contributed by atoms with Gasteiger partial charge in [0.05, 0.1) is 11.5 Å². The lowest BCUT2D eigenvalue weighted by atomic mass is 9.80. The number of nitrogens with two attached hydrogens (primary N) is 1. The van der Waals surface area contributed by atoms with Crippen molar-refractivity contribution >= 4 is 11.9 Å². The van der Waals surface area contributed by atoms with Gasteiger partial charge in [0.1, 0.15) is 0 Å². The zero-order chi connectivity index (χ0) is 13.1. The van der Waals surface area contributed by atoms with Crippen molar-refractivity contribution in [1.82, 2.24) is 4.90 Å². The summed E-state index contributed by atoms with van der Waals surface area (Å²) in [5.74, 6) is -0.818. The van der Waals surface area contributed by atoms with Crippen LogP contribution in [0.3, 0.4) is 0 Å². The minimum absolute atomic E-state index is 0.0423. The number of piperidine rings is 1. The molecular formula is C12H22N2O3. The zero-order valence-corrected chi connectivity index (χ0v) is 10.6. The third-order valence-corrected chi connectivity index (χ3v) is 3.61. The summed E-state index contributed by atoms with van der Waals surface area (Å²) < 4.78 is 0. The molecule has 1 aliphatic rings. The first kappa shape index (κ1) is 14.0. The van der Waals surface area contributed by atoms with Crippen LogP contribution in [0.15, 0.2) is 0 Å². The van der Waals surface area contributed by atoms with E-state index in [4.69, 9.17) is 10.8 Å². The van der Waals surface area contributed by atoms with Gasteiger partial charge in [-0.2, -0.15) is 0 Å². The second-order valence-electron chi connectivity index (χ2n) is 5.09. The fraction of sp³-hybridized carbons (Fsp3) is 0.833. The van der Waals surface area contributed by atoms with Gasteiger partial charge in [-0.3, -0.25) is 9.59 Å². The molecule has 1 aliphatic heterocycles. The predicted octanol–water partition coefficient (Wildman–Crippen LogP) is 0.827. The van der Waals surface area contributed by atoms with Crippen LogP contribution in [-0.2, 0) is 9.59 Å². The average molecular weight is 242 g/mol. The van der Waals surface area contributed by atoms with Gasteiger partial charge < -0.3 is 15.7 Å². The quantitative estimate of drug-likeness (QED) is 0.764. The number of nitrogens with zero attached hydrogens (tertiary/aromatic N) is 1. The topological polar surface area (TPSA) is 83.6 Å². The Morgan fingerprint density at radius 3 is 2.35 bits per heavy atom. The van der Waals surface area contributed by atoms with E-state index in [0.717, 1.165) is 6.42 Å². The molecule has 0 unspecified atom stereocenters. The number of carbonyl (C=O) groups is 2. The molecule has 17 heavy (non-hydrogen) atoms. The Morgan fingerprint density at radius 1 is 1.41 bits per heavy atom. The predicted molar refractivity (Wildman–Crippen MR) is 64.4 cm³/mol. The second kappa shape index (κ2) is 5.49. The lowest BCUT2D eigenvalue weighted by Crippen LogP contribution is -2.50. The van der Waals surface area contributed by atoms with Crippen LogP contribution in [-0.4, -0.2) is 41.0 Å². The molecule has 1 rings (SSSR count). The Bertz CT molecular complexity index is 296. The number of rotatable bonds is 4. The minimum Gasteiger partial charge on any atom is -0.481 e. The van der Waals surface area contributed by atoms with E-state index < -0.39 is 17.4 Å². The van der Waals surface area contributed by atoms with Gasteiger partial charge in [0.2, 0.25) is 5.91 Å². The first-order valence-electron chi connectivity index (χ1n) is 6.18. The summed E-state index contributed by atoms with van der Waals surface area (Å²) in [5.41, 5.74) is 5.09. The highest BCUT2D eigenvalue weighted by atomic mass is 16.4. The summed E-state index contributed by atoms with van der Waals surface area (Å²) in [7, 11) is 0. The third kappa shape index (κ3) is 3.19. The van der Waals surface area contributed by atoms with E-state index in [-0.39, 0.29) is 5.91 Å². The summed E-state index contributed by atoms with van der Waals surface area (Å²) in [6.45, 7) is 4.73. The number of carbonyl (C=O) groups excluding carboxylic acids is 1. The minimum atomic E-state index is -0.776. The van der Waals surface area contributed by atoms with Crippen molar-refractivity contribution in [3.05, 3.63) is 0 Å². The van der Waals surface area contributed by atoms with Gasteiger partial charge in [-0.15, -0.1) is 0 Å². The van der Waals surface area contributed by atoms with E-state index >= 15 is 0 Å². The van der Waals surface area contributed by atoms with Crippen LogP contribution in [0.4, 0.5) is 0 Å². The van der Waals surface area contributed by atoms with Crippen LogP contribution in [0.1, 0.15) is 39.5 Å². The molecular weight excluding hydrogens is 220 g/mol. The number of likely N-dealkylation sites (tertiary alicyclic amines) is 1. The van der Waals surface area contributed by atoms with Crippen LogP contribution in [0.25, 0.3) is 0 Å². The molecule has 1 heterocycles. The van der Waals surface area contributed by atoms with Gasteiger partial charge >= 0.3 is 5.97 Å². The Morgan fingerprint density at radius 2 is 1.94 bits per heavy atom. The molecule has 0 spiro atoms. The standard InChI is InChI=1S/C12H22N2O3/c1-3-4-9(13)10(15)14-7-5-12(2,6-8-14)11(16)17/h9H,3-8,13H2,1-2H3,(H,16,17)/t9-/m1/s1. The Hall–Kier alpha value is -1.10. The second-order valence-corrected chi connectivity index (χ2v) is 5.09. The van der Waals surface area contributed by atoms with Gasteiger partial charge in [0, 0.05) is 13.1 Å². The number of hydrogen-bond acceptors (Lipinski definition) is 3. The van der Waals surface area contributed by atoms with Crippen LogP contribution in [0, 0.1) is 5.41 Å². The maximum Gasteiger partial charge on any atom is 0.309 e. The molecule has 0 aromatic carbocycles. The van der Waals surface area contributed by atoms with E-state index in [1.807, 2.05) is 6.92 Å². The number of carboxylic acids is 1. The molecule has 0 saturated carbocycles. The van der Waals surface area contributed by atoms with Crippen LogP contribution in [0.2, 0.25) is 0 Å². The van der Waals surface area contributed by atoms with E-state index in [1.165, 1.54) is 0 Å². The average Bonchev–Trinajstić information content (AvgIpc) is 2.29. The first-order chi connectivity index (χ1) is 7.90. The van der Waals surface area contributed by atoms with Crippen molar-refractivity contribution in [1.29, 1.82) is 0 Å². The molecule has 0 aliphatic carbocycles. The molecule has 0 bridgehead atoms. The molecule has 0 radical (unpaired) electrons. The van der Waals surface area contributed by atoms with Crippen LogP contribution >= 0.6 is 0 Å². The molecule has 1 atom stereocenters. The lowest BCUT2D eigenvalue weighted by molar-refractivity contribution is -0.153. The molecule has 3 N–H and O–H groups in total. The molecule has 0 aromatic rings. The van der Waals surface area contributed by atoms with Crippen molar-refractivity contribution in [3.63, 3.8) is 0 Å². The number of carboxylic acid groups (broad SMARTS) is 1. The Labute approximate surface area is 102 Å². The summed E-state index contributed by atoms with van der Waals surface area (Å²) in [6.07, 6.45) is 2.58. The van der Waals surface area contributed by atoms with E-state index in [1.54, 1.807) is 11.8 Å². The van der Waals surface area contributed by atoms with E-state index in [2.05, 4.69) is 0 Å². The fourth-order valence-electron chi connectivity index (χ4n) is 2.10. The van der Waals surface area contributed by atoms with Crippen molar-refractivity contribution in [3.8, 4) is 0 Å². The molecule has 1 saturated heterocycles. The smallest absolute Gasteiger partial charge is 0.309 e. The highest BCUT2D eigenvalue weighted by Crippen LogP contribution is 2.31. The van der Waals surface area contributed by atoms with Gasteiger partial charge in [-0.1, -0.05) is 13.3 Å². The van der Waals surface area contributed by atoms with Gasteiger partial charge in [-0.25, -0.2) is 0 Å². The fourth-order valence-corrected chi connectivity index (χ4v) is 2.10.